The van der Waals surface area contributed by atoms with Gasteiger partial charge in [0.25, 0.3) is 5.91 Å². The topological polar surface area (TPSA) is 65.5 Å². The summed E-state index contributed by atoms with van der Waals surface area (Å²) >= 11 is 0. The van der Waals surface area contributed by atoms with Crippen LogP contribution in [0.25, 0.3) is 10.9 Å². The van der Waals surface area contributed by atoms with Crippen LogP contribution in [-0.4, -0.2) is 51.9 Å². The molecule has 1 N–H and O–H groups in total. The predicted molar refractivity (Wildman–Crippen MR) is 113 cm³/mol. The number of nitrogens with one attached hydrogen (secondary N) is 1. The van der Waals surface area contributed by atoms with Gasteiger partial charge in [0.05, 0.1) is 11.2 Å². The van der Waals surface area contributed by atoms with E-state index in [1.54, 1.807) is 4.90 Å². The number of urea groups is 1. The largest absolute Gasteiger partial charge is 0.327 e. The van der Waals surface area contributed by atoms with Crippen molar-refractivity contribution in [2.75, 3.05) is 13.1 Å². The second-order valence-electron chi connectivity index (χ2n) is 8.15. The first-order chi connectivity index (χ1) is 14.2. The molecule has 2 aromatic rings. The van der Waals surface area contributed by atoms with Gasteiger partial charge in [-0.3, -0.25) is 14.7 Å². The fourth-order valence-corrected chi connectivity index (χ4v) is 4.40. The molecule has 2 fully saturated rings. The normalized spacial score (nSPS) is 20.4. The number of para-hydroxylation sites is 1. The van der Waals surface area contributed by atoms with Gasteiger partial charge in [0, 0.05) is 31.1 Å². The van der Waals surface area contributed by atoms with Crippen molar-refractivity contribution < 1.29 is 9.59 Å². The Morgan fingerprint density at radius 1 is 1.17 bits per heavy atom. The molecule has 6 heteroatoms. The highest BCUT2D eigenvalue weighted by atomic mass is 16.2. The molecule has 0 aliphatic carbocycles. The lowest BCUT2D eigenvalue weighted by Crippen LogP contribution is -2.44. The van der Waals surface area contributed by atoms with Gasteiger partial charge in [-0.25, -0.2) is 4.79 Å². The van der Waals surface area contributed by atoms with Gasteiger partial charge in [-0.15, -0.1) is 0 Å². The summed E-state index contributed by atoms with van der Waals surface area (Å²) in [5.74, 6) is -0.0122. The number of hydrogen-bond acceptors (Lipinski definition) is 4. The van der Waals surface area contributed by atoms with Gasteiger partial charge in [0.15, 0.2) is 0 Å². The van der Waals surface area contributed by atoms with Crippen molar-refractivity contribution in [1.82, 2.24) is 20.1 Å². The number of carbonyl (C=O) groups is 2. The molecule has 3 heterocycles. The summed E-state index contributed by atoms with van der Waals surface area (Å²) in [6.07, 6.45) is 5.91. The van der Waals surface area contributed by atoms with Crippen LogP contribution in [0.5, 0.6) is 0 Å². The van der Waals surface area contributed by atoms with E-state index in [0.29, 0.717) is 19.6 Å². The van der Waals surface area contributed by atoms with Gasteiger partial charge in [0.1, 0.15) is 6.04 Å². The molecule has 3 amide bonds. The minimum Gasteiger partial charge on any atom is -0.312 e. The molecule has 0 spiro atoms. The van der Waals surface area contributed by atoms with E-state index in [-0.39, 0.29) is 24.0 Å². The summed E-state index contributed by atoms with van der Waals surface area (Å²) in [6, 6.07) is 12.0. The van der Waals surface area contributed by atoms with E-state index in [1.807, 2.05) is 24.3 Å². The summed E-state index contributed by atoms with van der Waals surface area (Å²) in [5, 5.41) is 4.69. The Labute approximate surface area is 172 Å². The van der Waals surface area contributed by atoms with E-state index < -0.39 is 0 Å². The van der Waals surface area contributed by atoms with Crippen molar-refractivity contribution in [2.45, 2.75) is 64.1 Å². The van der Waals surface area contributed by atoms with Crippen molar-refractivity contribution >= 4 is 22.8 Å². The summed E-state index contributed by atoms with van der Waals surface area (Å²) in [5.41, 5.74) is 1.96. The number of nitrogens with zero attached hydrogens (tertiary/aromatic N) is 3. The third-order valence-corrected chi connectivity index (χ3v) is 6.07. The lowest BCUT2D eigenvalue weighted by molar-refractivity contribution is -0.129. The Morgan fingerprint density at radius 2 is 2.03 bits per heavy atom. The lowest BCUT2D eigenvalue weighted by atomic mass is 10.0. The summed E-state index contributed by atoms with van der Waals surface area (Å²) in [6.45, 7) is 3.94. The zero-order valence-electron chi connectivity index (χ0n) is 17.1. The molecule has 29 heavy (non-hydrogen) atoms. The van der Waals surface area contributed by atoms with Crippen LogP contribution in [-0.2, 0) is 11.3 Å². The van der Waals surface area contributed by atoms with Crippen molar-refractivity contribution in [3.63, 3.8) is 0 Å². The zero-order chi connectivity index (χ0) is 20.2. The first kappa shape index (κ1) is 19.8. The highest BCUT2D eigenvalue weighted by Crippen LogP contribution is 2.27. The van der Waals surface area contributed by atoms with Crippen molar-refractivity contribution in [3.05, 3.63) is 42.1 Å². The summed E-state index contributed by atoms with van der Waals surface area (Å²) in [4.78, 5) is 33.6. The van der Waals surface area contributed by atoms with Gasteiger partial charge < -0.3 is 10.2 Å². The molecule has 2 atom stereocenters. The van der Waals surface area contributed by atoms with Crippen LogP contribution in [0.3, 0.4) is 0 Å². The minimum atomic E-state index is -0.231. The molecule has 154 valence electrons. The van der Waals surface area contributed by atoms with Crippen molar-refractivity contribution in [1.29, 1.82) is 0 Å². The summed E-state index contributed by atoms with van der Waals surface area (Å²) in [7, 11) is 0. The maximum Gasteiger partial charge on any atom is 0.327 e. The molecule has 2 saturated heterocycles. The smallest absolute Gasteiger partial charge is 0.312 e. The van der Waals surface area contributed by atoms with Crippen molar-refractivity contribution in [2.24, 2.45) is 0 Å². The Morgan fingerprint density at radius 3 is 2.86 bits per heavy atom. The first-order valence-corrected chi connectivity index (χ1v) is 10.9. The van der Waals surface area contributed by atoms with E-state index in [1.165, 1.54) is 4.90 Å². The van der Waals surface area contributed by atoms with E-state index >= 15 is 0 Å². The number of unbranched alkanes of at least 4 members (excludes halogenated alkanes) is 1. The summed E-state index contributed by atoms with van der Waals surface area (Å²) < 4.78 is 0. The van der Waals surface area contributed by atoms with E-state index in [0.717, 1.165) is 55.1 Å². The maximum absolute atomic E-state index is 12.8. The molecule has 6 nitrogen and oxygen atoms in total. The molecule has 0 saturated carbocycles. The van der Waals surface area contributed by atoms with Gasteiger partial charge in [-0.1, -0.05) is 44.0 Å². The fraction of sp³-hybridized carbons (Fsp3) is 0.522. The van der Waals surface area contributed by atoms with Crippen LogP contribution in [0.1, 0.15) is 51.1 Å². The Balaban J connectivity index is 1.43. The second-order valence-corrected chi connectivity index (χ2v) is 8.15. The van der Waals surface area contributed by atoms with Crippen LogP contribution in [0.15, 0.2) is 36.4 Å². The highest BCUT2D eigenvalue weighted by Gasteiger charge is 2.46. The Bertz CT molecular complexity index is 860. The quantitative estimate of drug-likeness (QED) is 0.694. The number of amides is 3. The number of hydrogen-bond donors (Lipinski definition) is 1. The number of aromatic nitrogens is 1. The molecule has 0 radical (unpaired) electrons. The number of benzene rings is 1. The van der Waals surface area contributed by atoms with Crippen molar-refractivity contribution in [3.8, 4) is 0 Å². The third kappa shape index (κ3) is 4.27. The average Bonchev–Trinajstić information content (AvgIpc) is 3.00. The molecular formula is C23H30N4O2. The Hall–Kier alpha value is -2.47. The highest BCUT2D eigenvalue weighted by molar-refractivity contribution is 6.04. The molecule has 2 aliphatic heterocycles. The van der Waals surface area contributed by atoms with Crippen LogP contribution in [0.4, 0.5) is 4.79 Å². The molecule has 2 aliphatic rings. The second kappa shape index (κ2) is 8.91. The number of piperidine rings is 1. The minimum absolute atomic E-state index is 0.0122. The number of imide groups is 1. The van der Waals surface area contributed by atoms with E-state index in [2.05, 4.69) is 24.4 Å². The monoisotopic (exact) mass is 394 g/mol. The predicted octanol–water partition coefficient (Wildman–Crippen LogP) is 3.70. The van der Waals surface area contributed by atoms with Gasteiger partial charge >= 0.3 is 6.03 Å². The van der Waals surface area contributed by atoms with Gasteiger partial charge in [-0.2, -0.15) is 0 Å². The molecule has 1 aromatic carbocycles. The van der Waals surface area contributed by atoms with Gasteiger partial charge in [-0.05, 0) is 37.8 Å². The van der Waals surface area contributed by atoms with Crippen LogP contribution in [0, 0.1) is 0 Å². The molecule has 4 rings (SSSR count). The van der Waals surface area contributed by atoms with E-state index in [9.17, 15) is 9.59 Å². The zero-order valence-corrected chi connectivity index (χ0v) is 17.1. The third-order valence-electron chi connectivity index (χ3n) is 6.07. The lowest BCUT2D eigenvalue weighted by Gasteiger charge is -2.26. The number of rotatable bonds is 8. The molecule has 2 unspecified atom stereocenters. The maximum atomic E-state index is 12.8. The number of fused-ring (bicyclic) bond motifs is 2. The number of carbonyl (C=O) groups excluding carboxylic acids is 2. The Kier molecular flexibility index (Phi) is 6.09. The first-order valence-electron chi connectivity index (χ1n) is 10.9. The average molecular weight is 395 g/mol. The SMILES string of the molecule is CCCCC(CN1C(=O)C2CCCCN2C1=O)NCc1ccc2ccccc2n1. The van der Waals surface area contributed by atoms with E-state index in [4.69, 9.17) is 4.98 Å². The fourth-order valence-electron chi connectivity index (χ4n) is 4.40. The molecule has 1 aromatic heterocycles. The number of pyridine rings is 1. The molecular weight excluding hydrogens is 364 g/mol. The van der Waals surface area contributed by atoms with Crippen LogP contribution >= 0.6 is 0 Å². The van der Waals surface area contributed by atoms with Gasteiger partial charge in [0.2, 0.25) is 0 Å². The molecule has 0 bridgehead atoms. The van der Waals surface area contributed by atoms with Crippen LogP contribution < -0.4 is 5.32 Å². The standard InChI is InChI=1S/C23H30N4O2/c1-2-3-9-19(16-27-22(28)21-11-6-7-14-26(21)23(27)29)24-15-18-13-12-17-8-4-5-10-20(17)25-18/h4-5,8,10,12-13,19,21,24H,2-3,6-7,9,11,14-16H2,1H3. The van der Waals surface area contributed by atoms with Crippen LogP contribution in [0.2, 0.25) is 0 Å².